The summed E-state index contributed by atoms with van der Waals surface area (Å²) in [6, 6.07) is 5.87. The van der Waals surface area contributed by atoms with Gasteiger partial charge in [-0.1, -0.05) is 24.6 Å². The quantitative estimate of drug-likeness (QED) is 0.811. The van der Waals surface area contributed by atoms with E-state index in [0.717, 1.165) is 18.5 Å². The van der Waals surface area contributed by atoms with Gasteiger partial charge in [-0.2, -0.15) is 0 Å². The average Bonchev–Trinajstić information content (AvgIpc) is 2.29. The number of rotatable bonds is 3. The molecular weight excluding hydrogens is 210 g/mol. The van der Waals surface area contributed by atoms with Gasteiger partial charge in [0.05, 0.1) is 6.10 Å². The molecule has 0 radical (unpaired) electrons. The van der Waals surface area contributed by atoms with E-state index in [-0.39, 0.29) is 6.10 Å². The summed E-state index contributed by atoms with van der Waals surface area (Å²) in [7, 11) is 0. The van der Waals surface area contributed by atoms with Crippen molar-refractivity contribution in [2.45, 2.75) is 39.2 Å². The lowest BCUT2D eigenvalue weighted by molar-refractivity contribution is 0.0923. The number of hydrogen-bond donors (Lipinski definition) is 1. The largest absolute Gasteiger partial charge is 0.392 e. The van der Waals surface area contributed by atoms with Gasteiger partial charge in [0, 0.05) is 18.3 Å². The number of aliphatic hydroxyl groups is 1. The molecule has 1 aromatic rings. The Kier molecular flexibility index (Phi) is 3.95. The van der Waals surface area contributed by atoms with E-state index in [9.17, 15) is 5.11 Å². The van der Waals surface area contributed by atoms with Gasteiger partial charge < -0.3 is 5.11 Å². The molecule has 2 nitrogen and oxygen atoms in total. The van der Waals surface area contributed by atoms with Gasteiger partial charge >= 0.3 is 0 Å². The van der Waals surface area contributed by atoms with Gasteiger partial charge in [0.15, 0.2) is 0 Å². The Morgan fingerprint density at radius 3 is 2.94 bits per heavy atom. The molecule has 0 amide bonds. The van der Waals surface area contributed by atoms with Gasteiger partial charge in [0.1, 0.15) is 0 Å². The molecule has 0 bridgehead atoms. The van der Waals surface area contributed by atoms with Crippen molar-refractivity contribution < 1.29 is 5.11 Å². The molecule has 0 spiro atoms. The van der Waals surface area contributed by atoms with Crippen LogP contribution in [0.25, 0.3) is 0 Å². The summed E-state index contributed by atoms with van der Waals surface area (Å²) in [5.74, 6) is 0.976. The van der Waals surface area contributed by atoms with E-state index in [1.807, 2.05) is 18.2 Å². The molecule has 17 heavy (non-hydrogen) atoms. The van der Waals surface area contributed by atoms with Crippen LogP contribution >= 0.6 is 0 Å². The Morgan fingerprint density at radius 1 is 1.47 bits per heavy atom. The molecule has 0 aromatic carbocycles. The molecule has 2 rings (SSSR count). The van der Waals surface area contributed by atoms with Crippen molar-refractivity contribution in [3.8, 4) is 0 Å². The van der Waals surface area contributed by atoms with Crippen LogP contribution in [-0.2, 0) is 6.42 Å². The average molecular weight is 231 g/mol. The van der Waals surface area contributed by atoms with Crippen LogP contribution in [0.1, 0.15) is 32.4 Å². The second-order valence-corrected chi connectivity index (χ2v) is 5.28. The van der Waals surface area contributed by atoms with Crippen LogP contribution in [0.15, 0.2) is 36.0 Å². The van der Waals surface area contributed by atoms with Gasteiger partial charge in [0.25, 0.3) is 0 Å². The summed E-state index contributed by atoms with van der Waals surface area (Å²) in [6.07, 6.45) is 6.63. The van der Waals surface area contributed by atoms with E-state index in [4.69, 9.17) is 0 Å². The summed E-state index contributed by atoms with van der Waals surface area (Å²) in [5, 5.41) is 10.3. The van der Waals surface area contributed by atoms with Gasteiger partial charge in [-0.3, -0.25) is 4.98 Å². The van der Waals surface area contributed by atoms with E-state index >= 15 is 0 Å². The molecule has 1 aliphatic carbocycles. The fourth-order valence-corrected chi connectivity index (χ4v) is 2.79. The molecule has 1 aliphatic rings. The maximum atomic E-state index is 10.3. The topological polar surface area (TPSA) is 33.1 Å². The highest BCUT2D eigenvalue weighted by Crippen LogP contribution is 2.31. The minimum absolute atomic E-state index is 0.268. The summed E-state index contributed by atoms with van der Waals surface area (Å²) in [6.45, 7) is 4.39. The van der Waals surface area contributed by atoms with Crippen LogP contribution in [0, 0.1) is 11.8 Å². The highest BCUT2D eigenvalue weighted by Gasteiger charge is 2.25. The van der Waals surface area contributed by atoms with E-state index < -0.39 is 0 Å². The van der Waals surface area contributed by atoms with E-state index in [1.165, 1.54) is 5.57 Å². The fourth-order valence-electron chi connectivity index (χ4n) is 2.79. The van der Waals surface area contributed by atoms with E-state index in [2.05, 4.69) is 24.9 Å². The van der Waals surface area contributed by atoms with E-state index in [1.54, 1.807) is 6.20 Å². The van der Waals surface area contributed by atoms with Crippen LogP contribution in [-0.4, -0.2) is 16.2 Å². The first kappa shape index (κ1) is 12.3. The predicted molar refractivity (Wildman–Crippen MR) is 69.6 cm³/mol. The van der Waals surface area contributed by atoms with Gasteiger partial charge in [-0.25, -0.2) is 0 Å². The SMILES string of the molecule is CC1=CC(C)CC(C(O)Cc2ccccn2)C1. The molecular formula is C15H21NO. The summed E-state index contributed by atoms with van der Waals surface area (Å²) in [5.41, 5.74) is 2.40. The number of aromatic nitrogens is 1. The first-order chi connectivity index (χ1) is 8.15. The monoisotopic (exact) mass is 231 g/mol. The Balaban J connectivity index is 1.97. The van der Waals surface area contributed by atoms with Crippen LogP contribution in [0.5, 0.6) is 0 Å². The highest BCUT2D eigenvalue weighted by molar-refractivity contribution is 5.09. The maximum Gasteiger partial charge on any atom is 0.0627 e. The molecule has 1 N–H and O–H groups in total. The number of hydrogen-bond acceptors (Lipinski definition) is 2. The first-order valence-electron chi connectivity index (χ1n) is 6.40. The third kappa shape index (κ3) is 3.40. The minimum Gasteiger partial charge on any atom is -0.392 e. The third-order valence-corrected chi connectivity index (χ3v) is 3.52. The molecule has 2 heteroatoms. The molecule has 3 unspecified atom stereocenters. The zero-order valence-electron chi connectivity index (χ0n) is 10.6. The summed E-state index contributed by atoms with van der Waals surface area (Å²) >= 11 is 0. The normalized spacial score (nSPS) is 26.4. The second-order valence-electron chi connectivity index (χ2n) is 5.28. The lowest BCUT2D eigenvalue weighted by Gasteiger charge is -2.29. The minimum atomic E-state index is -0.268. The van der Waals surface area contributed by atoms with Gasteiger partial charge in [-0.15, -0.1) is 0 Å². The van der Waals surface area contributed by atoms with Crippen molar-refractivity contribution in [3.05, 3.63) is 41.7 Å². The van der Waals surface area contributed by atoms with E-state index in [0.29, 0.717) is 18.3 Å². The summed E-state index contributed by atoms with van der Waals surface area (Å²) in [4.78, 5) is 4.28. The van der Waals surface area contributed by atoms with Gasteiger partial charge in [-0.05, 0) is 43.7 Å². The summed E-state index contributed by atoms with van der Waals surface area (Å²) < 4.78 is 0. The van der Waals surface area contributed by atoms with Crippen molar-refractivity contribution in [3.63, 3.8) is 0 Å². The van der Waals surface area contributed by atoms with Crippen LogP contribution < -0.4 is 0 Å². The molecule has 0 saturated carbocycles. The second kappa shape index (κ2) is 5.46. The Morgan fingerprint density at radius 2 is 2.29 bits per heavy atom. The van der Waals surface area contributed by atoms with Crippen LogP contribution in [0.3, 0.4) is 0 Å². The predicted octanol–water partition coefficient (Wildman–Crippen LogP) is 2.98. The molecule has 92 valence electrons. The van der Waals surface area contributed by atoms with Crippen molar-refractivity contribution >= 4 is 0 Å². The third-order valence-electron chi connectivity index (χ3n) is 3.52. The zero-order valence-corrected chi connectivity index (χ0v) is 10.6. The standard InChI is InChI=1S/C15H21NO/c1-11-7-12(2)9-13(8-11)15(17)10-14-5-3-4-6-16-14/h3-7,11,13,15,17H,8-10H2,1-2H3. The number of aliphatic hydroxyl groups excluding tert-OH is 1. The molecule has 3 atom stereocenters. The lowest BCUT2D eigenvalue weighted by atomic mass is 9.79. The molecule has 0 saturated heterocycles. The zero-order chi connectivity index (χ0) is 12.3. The molecule has 0 fully saturated rings. The molecule has 0 aliphatic heterocycles. The van der Waals surface area contributed by atoms with Crippen molar-refractivity contribution in [2.24, 2.45) is 11.8 Å². The van der Waals surface area contributed by atoms with Crippen molar-refractivity contribution in [2.75, 3.05) is 0 Å². The number of nitrogens with zero attached hydrogens (tertiary/aromatic N) is 1. The Labute approximate surface area is 103 Å². The van der Waals surface area contributed by atoms with Crippen molar-refractivity contribution in [1.29, 1.82) is 0 Å². The lowest BCUT2D eigenvalue weighted by Crippen LogP contribution is -2.27. The number of allylic oxidation sites excluding steroid dienone is 2. The smallest absolute Gasteiger partial charge is 0.0627 e. The molecule has 1 heterocycles. The first-order valence-corrected chi connectivity index (χ1v) is 6.40. The van der Waals surface area contributed by atoms with Crippen molar-refractivity contribution in [1.82, 2.24) is 4.98 Å². The highest BCUT2D eigenvalue weighted by atomic mass is 16.3. The van der Waals surface area contributed by atoms with Gasteiger partial charge in [0.2, 0.25) is 0 Å². The maximum absolute atomic E-state index is 10.3. The molecule has 1 aromatic heterocycles. The fraction of sp³-hybridized carbons (Fsp3) is 0.533. The Hall–Kier alpha value is -1.15. The van der Waals surface area contributed by atoms with Crippen LogP contribution in [0.4, 0.5) is 0 Å². The number of pyridine rings is 1. The van der Waals surface area contributed by atoms with Crippen LogP contribution in [0.2, 0.25) is 0 Å². The Bertz CT molecular complexity index is 385.